The van der Waals surface area contributed by atoms with Crippen LogP contribution in [0.25, 0.3) is 27.6 Å². The van der Waals surface area contributed by atoms with Crippen LogP contribution >= 0.6 is 0 Å². The maximum Gasteiger partial charge on any atom is -0.00994 e. The maximum absolute atomic E-state index is 3.74. The summed E-state index contributed by atoms with van der Waals surface area (Å²) >= 11 is 0. The molecule has 0 aromatic heterocycles. The molecule has 3 aromatic rings. The lowest BCUT2D eigenvalue weighted by Crippen LogP contribution is -1.81. The molecule has 92 valence electrons. The summed E-state index contributed by atoms with van der Waals surface area (Å²) in [5.41, 5.74) is 1.27. The van der Waals surface area contributed by atoms with Crippen molar-refractivity contribution in [2.45, 2.75) is 6.42 Å². The second kappa shape index (κ2) is 5.11. The molecule has 0 unspecified atom stereocenters. The van der Waals surface area contributed by atoms with Gasteiger partial charge in [-0.05, 0) is 33.5 Å². The number of hydrogen-bond acceptors (Lipinski definition) is 0. The van der Waals surface area contributed by atoms with Crippen LogP contribution in [0.4, 0.5) is 0 Å². The van der Waals surface area contributed by atoms with Crippen molar-refractivity contribution in [2.24, 2.45) is 0 Å². The molecule has 0 heteroatoms. The van der Waals surface area contributed by atoms with Crippen LogP contribution in [-0.2, 0) is 0 Å². The van der Waals surface area contributed by atoms with Gasteiger partial charge >= 0.3 is 0 Å². The van der Waals surface area contributed by atoms with Crippen LogP contribution in [0, 0.1) is 0 Å². The van der Waals surface area contributed by atoms with E-state index in [0.717, 1.165) is 6.42 Å². The normalized spacial score (nSPS) is 11.4. The minimum Gasteiger partial charge on any atom is -0.103 e. The Morgan fingerprint density at radius 1 is 0.789 bits per heavy atom. The van der Waals surface area contributed by atoms with E-state index < -0.39 is 0 Å². The molecular weight excluding hydrogens is 228 g/mol. The van der Waals surface area contributed by atoms with Gasteiger partial charge in [0.25, 0.3) is 0 Å². The fraction of sp³-hybridized carbons (Fsp3) is 0.0526. The molecule has 3 rings (SSSR count). The molecule has 0 aliphatic rings. The number of rotatable bonds is 3. The van der Waals surface area contributed by atoms with E-state index in [2.05, 4.69) is 73.3 Å². The van der Waals surface area contributed by atoms with Crippen molar-refractivity contribution in [3.8, 4) is 0 Å². The van der Waals surface area contributed by atoms with Crippen molar-refractivity contribution in [3.63, 3.8) is 0 Å². The predicted molar refractivity (Wildman–Crippen MR) is 85.3 cm³/mol. The van der Waals surface area contributed by atoms with E-state index >= 15 is 0 Å². The molecule has 0 fully saturated rings. The van der Waals surface area contributed by atoms with Gasteiger partial charge in [0.2, 0.25) is 0 Å². The van der Waals surface area contributed by atoms with Crippen molar-refractivity contribution >= 4 is 27.6 Å². The highest BCUT2D eigenvalue weighted by Gasteiger charge is 2.01. The zero-order valence-corrected chi connectivity index (χ0v) is 10.8. The van der Waals surface area contributed by atoms with E-state index in [9.17, 15) is 0 Å². The monoisotopic (exact) mass is 244 g/mol. The molecule has 0 nitrogen and oxygen atoms in total. The van der Waals surface area contributed by atoms with E-state index in [1.54, 1.807) is 0 Å². The first-order valence-corrected chi connectivity index (χ1v) is 6.58. The molecule has 0 atom stereocenters. The Morgan fingerprint density at radius 3 is 2.53 bits per heavy atom. The second-order valence-corrected chi connectivity index (χ2v) is 4.66. The van der Waals surface area contributed by atoms with Gasteiger partial charge in [0.05, 0.1) is 0 Å². The zero-order chi connectivity index (χ0) is 13.1. The predicted octanol–water partition coefficient (Wildman–Crippen LogP) is 5.58. The Bertz CT molecular complexity index is 763. The van der Waals surface area contributed by atoms with Crippen LogP contribution in [0.5, 0.6) is 0 Å². The number of benzene rings is 3. The van der Waals surface area contributed by atoms with Gasteiger partial charge in [-0.2, -0.15) is 0 Å². The third-order valence-corrected chi connectivity index (χ3v) is 3.42. The molecule has 0 bridgehead atoms. The van der Waals surface area contributed by atoms with Crippen molar-refractivity contribution in [3.05, 3.63) is 78.9 Å². The van der Waals surface area contributed by atoms with Crippen LogP contribution in [-0.4, -0.2) is 0 Å². The molecule has 3 aromatic carbocycles. The highest BCUT2D eigenvalue weighted by atomic mass is 14.1. The molecular formula is C19H16. The van der Waals surface area contributed by atoms with Crippen molar-refractivity contribution in [1.82, 2.24) is 0 Å². The van der Waals surface area contributed by atoms with Gasteiger partial charge in [-0.1, -0.05) is 72.8 Å². The minimum absolute atomic E-state index is 0.907. The van der Waals surface area contributed by atoms with Gasteiger partial charge in [0, 0.05) is 0 Å². The average molecular weight is 244 g/mol. The minimum atomic E-state index is 0.907. The Hall–Kier alpha value is -2.34. The van der Waals surface area contributed by atoms with E-state index in [4.69, 9.17) is 0 Å². The largest absolute Gasteiger partial charge is 0.103 e. The molecule has 0 saturated carbocycles. The van der Waals surface area contributed by atoms with Gasteiger partial charge in [-0.3, -0.25) is 0 Å². The summed E-state index contributed by atoms with van der Waals surface area (Å²) in [6, 6.07) is 19.4. The molecule has 0 saturated heterocycles. The third kappa shape index (κ3) is 2.17. The number of fused-ring (bicyclic) bond motifs is 3. The van der Waals surface area contributed by atoms with Gasteiger partial charge in [0.15, 0.2) is 0 Å². The quantitative estimate of drug-likeness (QED) is 0.416. The first-order valence-electron chi connectivity index (χ1n) is 6.58. The molecule has 0 radical (unpaired) electrons. The third-order valence-electron chi connectivity index (χ3n) is 3.42. The van der Waals surface area contributed by atoms with Crippen LogP contribution in [0.15, 0.2) is 73.3 Å². The molecule has 0 spiro atoms. The van der Waals surface area contributed by atoms with Crippen LogP contribution in [0.3, 0.4) is 0 Å². The first-order chi connectivity index (χ1) is 9.40. The van der Waals surface area contributed by atoms with Crippen molar-refractivity contribution < 1.29 is 0 Å². The molecule has 0 N–H and O–H groups in total. The Morgan fingerprint density at radius 2 is 1.63 bits per heavy atom. The van der Waals surface area contributed by atoms with E-state index in [1.165, 1.54) is 27.1 Å². The molecule has 0 aliphatic carbocycles. The lowest BCUT2D eigenvalue weighted by molar-refractivity contribution is 1.42. The van der Waals surface area contributed by atoms with Crippen molar-refractivity contribution in [1.29, 1.82) is 0 Å². The lowest BCUT2D eigenvalue weighted by Gasteiger charge is -2.06. The highest BCUT2D eigenvalue weighted by Crippen LogP contribution is 2.28. The van der Waals surface area contributed by atoms with Crippen LogP contribution in [0.1, 0.15) is 12.0 Å². The van der Waals surface area contributed by atoms with E-state index in [1.807, 2.05) is 6.08 Å². The van der Waals surface area contributed by atoms with Gasteiger partial charge < -0.3 is 0 Å². The summed E-state index contributed by atoms with van der Waals surface area (Å²) in [7, 11) is 0. The summed E-state index contributed by atoms with van der Waals surface area (Å²) in [6.07, 6.45) is 7.15. The molecule has 0 amide bonds. The molecule has 0 aliphatic heterocycles. The Labute approximate surface area is 113 Å². The van der Waals surface area contributed by atoms with E-state index in [-0.39, 0.29) is 0 Å². The van der Waals surface area contributed by atoms with Gasteiger partial charge in [-0.25, -0.2) is 0 Å². The summed E-state index contributed by atoms with van der Waals surface area (Å²) < 4.78 is 0. The topological polar surface area (TPSA) is 0 Å². The Balaban J connectivity index is 2.26. The zero-order valence-electron chi connectivity index (χ0n) is 10.8. The summed E-state index contributed by atoms with van der Waals surface area (Å²) in [6.45, 7) is 3.74. The second-order valence-electron chi connectivity index (χ2n) is 4.66. The van der Waals surface area contributed by atoms with Gasteiger partial charge in [-0.15, -0.1) is 6.58 Å². The van der Waals surface area contributed by atoms with Crippen LogP contribution < -0.4 is 0 Å². The smallest absolute Gasteiger partial charge is 0.00994 e. The lowest BCUT2D eigenvalue weighted by atomic mass is 9.98. The summed E-state index contributed by atoms with van der Waals surface area (Å²) in [5, 5.41) is 5.24. The number of hydrogen-bond donors (Lipinski definition) is 0. The maximum atomic E-state index is 3.74. The summed E-state index contributed by atoms with van der Waals surface area (Å²) in [4.78, 5) is 0. The molecule has 0 heterocycles. The standard InChI is InChI=1S/C19H16/c1-2-3-4-8-15-10-7-12-19-17-11-6-5-9-16(17)13-14-18(15)19/h2,4-14H,1,3H2. The van der Waals surface area contributed by atoms with Crippen LogP contribution in [0.2, 0.25) is 0 Å². The average Bonchev–Trinajstić information content (AvgIpc) is 2.47. The van der Waals surface area contributed by atoms with Gasteiger partial charge in [0.1, 0.15) is 0 Å². The fourth-order valence-corrected chi connectivity index (χ4v) is 2.50. The number of allylic oxidation sites excluding steroid dienone is 2. The fourth-order valence-electron chi connectivity index (χ4n) is 2.50. The Kier molecular flexibility index (Phi) is 3.16. The molecule has 19 heavy (non-hydrogen) atoms. The van der Waals surface area contributed by atoms with E-state index in [0.29, 0.717) is 0 Å². The van der Waals surface area contributed by atoms with Crippen molar-refractivity contribution in [2.75, 3.05) is 0 Å². The SMILES string of the molecule is C=CCC=Cc1cccc2c1ccc1ccccc12. The highest BCUT2D eigenvalue weighted by molar-refractivity contribution is 6.09. The first kappa shape index (κ1) is 11.7. The summed E-state index contributed by atoms with van der Waals surface area (Å²) in [5.74, 6) is 0.